The molecule has 1 aromatic heterocycles. The highest BCUT2D eigenvalue weighted by molar-refractivity contribution is 6.29. The Kier molecular flexibility index (Phi) is 3.48. The summed E-state index contributed by atoms with van der Waals surface area (Å²) in [6.45, 7) is 2.13. The van der Waals surface area contributed by atoms with Gasteiger partial charge in [-0.25, -0.2) is 0 Å². The smallest absolute Gasteiger partial charge is 0.241 e. The van der Waals surface area contributed by atoms with Crippen molar-refractivity contribution in [2.75, 3.05) is 6.61 Å². The molecule has 1 atom stereocenters. The van der Waals surface area contributed by atoms with Crippen LogP contribution >= 0.6 is 11.6 Å². The molecule has 13 heavy (non-hydrogen) atoms. The molecule has 0 bridgehead atoms. The van der Waals surface area contributed by atoms with Crippen LogP contribution in [0.1, 0.15) is 17.5 Å². The summed E-state index contributed by atoms with van der Waals surface area (Å²) in [6, 6.07) is 2.94. The molecule has 0 aliphatic heterocycles. The highest BCUT2D eigenvalue weighted by Crippen LogP contribution is 2.14. The van der Waals surface area contributed by atoms with Gasteiger partial charge >= 0.3 is 0 Å². The summed E-state index contributed by atoms with van der Waals surface area (Å²) in [6.07, 6.45) is -0.979. The van der Waals surface area contributed by atoms with Gasteiger partial charge in [-0.15, -0.1) is 0 Å². The first-order valence-electron chi connectivity index (χ1n) is 3.82. The number of nitrogens with two attached hydrogens (primary N) is 1. The van der Waals surface area contributed by atoms with Crippen LogP contribution in [0.4, 0.5) is 0 Å². The van der Waals surface area contributed by atoms with Gasteiger partial charge in [0, 0.05) is 6.61 Å². The van der Waals surface area contributed by atoms with Crippen molar-refractivity contribution in [2.45, 2.75) is 13.2 Å². The monoisotopic (exact) mass is 203 g/mol. The van der Waals surface area contributed by atoms with Gasteiger partial charge in [0.25, 0.3) is 0 Å². The third-order valence-corrected chi connectivity index (χ3v) is 1.62. The van der Waals surface area contributed by atoms with Crippen molar-refractivity contribution in [2.24, 2.45) is 5.73 Å². The zero-order chi connectivity index (χ0) is 9.84. The molecule has 5 heteroatoms. The molecule has 0 radical (unpaired) electrons. The van der Waals surface area contributed by atoms with Gasteiger partial charge in [-0.2, -0.15) is 0 Å². The van der Waals surface area contributed by atoms with Crippen molar-refractivity contribution in [1.29, 1.82) is 0 Å². The van der Waals surface area contributed by atoms with Gasteiger partial charge in [0.05, 0.1) is 0 Å². The number of Topliss-reactive ketones (excluding diaryl/α,β-unsaturated/α-hetero) is 1. The van der Waals surface area contributed by atoms with Gasteiger partial charge in [-0.05, 0) is 30.7 Å². The van der Waals surface area contributed by atoms with Crippen LogP contribution < -0.4 is 5.73 Å². The summed E-state index contributed by atoms with van der Waals surface area (Å²) in [5.74, 6) is -0.292. The second kappa shape index (κ2) is 4.41. The van der Waals surface area contributed by atoms with Crippen LogP contribution in [0.2, 0.25) is 5.22 Å². The minimum atomic E-state index is -0.979. The van der Waals surface area contributed by atoms with E-state index in [4.69, 9.17) is 26.5 Å². The summed E-state index contributed by atoms with van der Waals surface area (Å²) in [5.41, 5.74) is 5.39. The maximum Gasteiger partial charge on any atom is 0.241 e. The van der Waals surface area contributed by atoms with Crippen LogP contribution in [-0.2, 0) is 4.74 Å². The molecule has 1 aromatic rings. The van der Waals surface area contributed by atoms with Gasteiger partial charge < -0.3 is 9.15 Å². The van der Waals surface area contributed by atoms with Gasteiger partial charge in [0.1, 0.15) is 0 Å². The number of carbonyl (C=O) groups is 1. The lowest BCUT2D eigenvalue weighted by Gasteiger charge is -2.07. The van der Waals surface area contributed by atoms with Gasteiger partial charge in [-0.3, -0.25) is 10.5 Å². The topological polar surface area (TPSA) is 65.5 Å². The van der Waals surface area contributed by atoms with E-state index in [0.29, 0.717) is 6.61 Å². The molecule has 2 N–H and O–H groups in total. The van der Waals surface area contributed by atoms with Crippen LogP contribution in [-0.4, -0.2) is 18.6 Å². The normalized spacial score (nSPS) is 12.8. The van der Waals surface area contributed by atoms with Crippen LogP contribution in [0, 0.1) is 0 Å². The molecule has 0 aromatic carbocycles. The van der Waals surface area contributed by atoms with Crippen LogP contribution in [0.5, 0.6) is 0 Å². The first-order chi connectivity index (χ1) is 6.15. The minimum Gasteiger partial charge on any atom is -0.441 e. The average Bonchev–Trinajstić information content (AvgIpc) is 2.51. The van der Waals surface area contributed by atoms with Crippen LogP contribution in [0.3, 0.4) is 0 Å². The van der Waals surface area contributed by atoms with Crippen molar-refractivity contribution >= 4 is 17.4 Å². The van der Waals surface area contributed by atoms with Crippen molar-refractivity contribution in [3.8, 4) is 0 Å². The van der Waals surface area contributed by atoms with Crippen LogP contribution in [0.15, 0.2) is 16.5 Å². The van der Waals surface area contributed by atoms with Gasteiger partial charge in [0.15, 0.2) is 17.2 Å². The SMILES string of the molecule is CCOC(N)C(=O)c1ccc(Cl)o1. The lowest BCUT2D eigenvalue weighted by atomic mass is 10.3. The fourth-order valence-corrected chi connectivity index (χ4v) is 0.988. The average molecular weight is 204 g/mol. The fourth-order valence-electron chi connectivity index (χ4n) is 0.842. The van der Waals surface area contributed by atoms with Crippen molar-refractivity contribution < 1.29 is 13.9 Å². The van der Waals surface area contributed by atoms with E-state index in [0.717, 1.165) is 0 Å². The second-order valence-electron chi connectivity index (χ2n) is 2.34. The maximum absolute atomic E-state index is 11.3. The van der Waals surface area contributed by atoms with E-state index in [2.05, 4.69) is 0 Å². The zero-order valence-electron chi connectivity index (χ0n) is 7.12. The molecule has 0 aliphatic carbocycles. The highest BCUT2D eigenvalue weighted by atomic mass is 35.5. The molecule has 4 nitrogen and oxygen atoms in total. The number of halogens is 1. The number of rotatable bonds is 4. The number of ether oxygens (including phenoxy) is 1. The molecular weight excluding hydrogens is 194 g/mol. The van der Waals surface area contributed by atoms with Crippen LogP contribution in [0.25, 0.3) is 0 Å². The van der Waals surface area contributed by atoms with Crippen molar-refractivity contribution in [3.63, 3.8) is 0 Å². The Morgan fingerprint density at radius 2 is 2.46 bits per heavy atom. The summed E-state index contributed by atoms with van der Waals surface area (Å²) in [7, 11) is 0. The highest BCUT2D eigenvalue weighted by Gasteiger charge is 2.18. The van der Waals surface area contributed by atoms with Crippen molar-refractivity contribution in [3.05, 3.63) is 23.1 Å². The fraction of sp³-hybridized carbons (Fsp3) is 0.375. The third-order valence-electron chi connectivity index (χ3n) is 1.42. The minimum absolute atomic E-state index is 0.117. The molecular formula is C8H10ClNO3. The van der Waals surface area contributed by atoms with Gasteiger partial charge in [0.2, 0.25) is 5.78 Å². The van der Waals surface area contributed by atoms with Crippen molar-refractivity contribution in [1.82, 2.24) is 0 Å². The largest absolute Gasteiger partial charge is 0.441 e. The lowest BCUT2D eigenvalue weighted by molar-refractivity contribution is 0.0455. The second-order valence-corrected chi connectivity index (χ2v) is 2.72. The lowest BCUT2D eigenvalue weighted by Crippen LogP contribution is -2.33. The first kappa shape index (κ1) is 10.2. The number of hydrogen-bond donors (Lipinski definition) is 1. The summed E-state index contributed by atoms with van der Waals surface area (Å²) in [5, 5.41) is 0.159. The Hall–Kier alpha value is -0.840. The predicted octanol–water partition coefficient (Wildman–Crippen LogP) is 1.44. The van der Waals surface area contributed by atoms with E-state index >= 15 is 0 Å². The number of hydrogen-bond acceptors (Lipinski definition) is 4. The summed E-state index contributed by atoms with van der Waals surface area (Å²) >= 11 is 5.49. The number of carbonyl (C=O) groups excluding carboxylic acids is 1. The molecule has 0 saturated heterocycles. The van der Waals surface area contributed by atoms with E-state index in [9.17, 15) is 4.79 Å². The molecule has 72 valence electrons. The molecule has 0 spiro atoms. The molecule has 1 rings (SSSR count). The Balaban J connectivity index is 2.67. The number of furan rings is 1. The van der Waals surface area contributed by atoms with E-state index in [1.54, 1.807) is 6.92 Å². The molecule has 1 unspecified atom stereocenters. The Morgan fingerprint density at radius 1 is 1.77 bits per heavy atom. The van der Waals surface area contributed by atoms with E-state index in [-0.39, 0.29) is 11.0 Å². The van der Waals surface area contributed by atoms with Gasteiger partial charge in [-0.1, -0.05) is 0 Å². The zero-order valence-corrected chi connectivity index (χ0v) is 7.88. The Morgan fingerprint density at radius 3 is 2.92 bits per heavy atom. The predicted molar refractivity (Wildman–Crippen MR) is 47.6 cm³/mol. The quantitative estimate of drug-likeness (QED) is 0.594. The molecule has 0 fully saturated rings. The van der Waals surface area contributed by atoms with E-state index < -0.39 is 12.0 Å². The molecule has 0 saturated carbocycles. The first-order valence-corrected chi connectivity index (χ1v) is 4.19. The van der Waals surface area contributed by atoms with E-state index in [1.807, 2.05) is 0 Å². The Labute approximate surface area is 80.6 Å². The third kappa shape index (κ3) is 2.55. The molecule has 0 aliphatic rings. The standard InChI is InChI=1S/C8H10ClNO3/c1-2-12-8(10)7(11)5-3-4-6(9)13-5/h3-4,8H,2,10H2,1H3. The number of ketones is 1. The molecule has 0 amide bonds. The maximum atomic E-state index is 11.3. The van der Waals surface area contributed by atoms with E-state index in [1.165, 1.54) is 12.1 Å². The Bertz CT molecular complexity index is 297. The molecule has 1 heterocycles. The summed E-state index contributed by atoms with van der Waals surface area (Å²) < 4.78 is 9.76. The summed E-state index contributed by atoms with van der Waals surface area (Å²) in [4.78, 5) is 11.3.